The summed E-state index contributed by atoms with van der Waals surface area (Å²) in [7, 11) is -0.824. The molecule has 1 aromatic rings. The zero-order valence-corrected chi connectivity index (χ0v) is 14.6. The summed E-state index contributed by atoms with van der Waals surface area (Å²) in [5.74, 6) is 0.608. The predicted octanol–water partition coefficient (Wildman–Crippen LogP) is 1.14. The van der Waals surface area contributed by atoms with Gasteiger partial charge in [0.25, 0.3) is 0 Å². The summed E-state index contributed by atoms with van der Waals surface area (Å²) >= 11 is 0. The Balaban J connectivity index is 1.87. The number of sulfonamides is 1. The molecule has 1 saturated heterocycles. The average molecular weight is 354 g/mol. The molecule has 1 aromatic carbocycles. The molecule has 2 fully saturated rings. The van der Waals surface area contributed by atoms with E-state index in [0.29, 0.717) is 30.9 Å². The number of carbonyl (C=O) groups is 1. The largest absolute Gasteiger partial charge is 0.493 e. The third-order valence-corrected chi connectivity index (χ3v) is 6.30. The maximum absolute atomic E-state index is 13.0. The van der Waals surface area contributed by atoms with Crippen molar-refractivity contribution in [2.45, 2.75) is 42.7 Å². The molecule has 1 aliphatic carbocycles. The van der Waals surface area contributed by atoms with Crippen LogP contribution in [0.5, 0.6) is 11.5 Å². The van der Waals surface area contributed by atoms with E-state index < -0.39 is 16.1 Å². The monoisotopic (exact) mass is 354 g/mol. The van der Waals surface area contributed by atoms with Gasteiger partial charge in [-0.1, -0.05) is 0 Å². The van der Waals surface area contributed by atoms with Crippen LogP contribution in [0.25, 0.3) is 0 Å². The lowest BCUT2D eigenvalue weighted by molar-refractivity contribution is -0.124. The molecular weight excluding hydrogens is 332 g/mol. The van der Waals surface area contributed by atoms with E-state index in [9.17, 15) is 13.2 Å². The molecule has 1 aliphatic heterocycles. The van der Waals surface area contributed by atoms with Crippen molar-refractivity contribution in [2.75, 3.05) is 20.8 Å². The summed E-state index contributed by atoms with van der Waals surface area (Å²) in [6.45, 7) is 0.347. The van der Waals surface area contributed by atoms with E-state index in [0.717, 1.165) is 12.8 Å². The molecule has 1 saturated carbocycles. The molecule has 24 heavy (non-hydrogen) atoms. The van der Waals surface area contributed by atoms with Crippen LogP contribution in [0.2, 0.25) is 0 Å². The Morgan fingerprint density at radius 1 is 1.17 bits per heavy atom. The van der Waals surface area contributed by atoms with Gasteiger partial charge in [-0.15, -0.1) is 0 Å². The zero-order chi connectivity index (χ0) is 17.3. The minimum atomic E-state index is -3.77. The number of nitrogens with one attached hydrogen (secondary N) is 1. The molecule has 132 valence electrons. The van der Waals surface area contributed by atoms with Gasteiger partial charge in [-0.25, -0.2) is 8.42 Å². The molecule has 1 atom stereocenters. The average Bonchev–Trinajstić information content (AvgIpc) is 3.24. The molecule has 8 heteroatoms. The van der Waals surface area contributed by atoms with Crippen LogP contribution in [0.3, 0.4) is 0 Å². The van der Waals surface area contributed by atoms with Gasteiger partial charge in [0.1, 0.15) is 6.04 Å². The summed E-state index contributed by atoms with van der Waals surface area (Å²) in [4.78, 5) is 12.4. The van der Waals surface area contributed by atoms with Crippen molar-refractivity contribution in [1.82, 2.24) is 9.62 Å². The van der Waals surface area contributed by atoms with Crippen LogP contribution < -0.4 is 14.8 Å². The van der Waals surface area contributed by atoms with Gasteiger partial charge in [-0.05, 0) is 37.8 Å². The second-order valence-electron chi connectivity index (χ2n) is 6.07. The van der Waals surface area contributed by atoms with Crippen molar-refractivity contribution in [3.05, 3.63) is 18.2 Å². The Labute approximate surface area is 142 Å². The van der Waals surface area contributed by atoms with Crippen LogP contribution >= 0.6 is 0 Å². The fraction of sp³-hybridized carbons (Fsp3) is 0.562. The van der Waals surface area contributed by atoms with Gasteiger partial charge in [0.05, 0.1) is 19.1 Å². The minimum absolute atomic E-state index is 0.103. The van der Waals surface area contributed by atoms with Crippen LogP contribution in [0, 0.1) is 0 Å². The number of hydrogen-bond acceptors (Lipinski definition) is 5. The maximum Gasteiger partial charge on any atom is 0.243 e. The van der Waals surface area contributed by atoms with E-state index in [2.05, 4.69) is 5.32 Å². The highest BCUT2D eigenvalue weighted by Gasteiger charge is 2.41. The normalized spacial score (nSPS) is 21.5. The number of amides is 1. The van der Waals surface area contributed by atoms with E-state index in [-0.39, 0.29) is 16.8 Å². The van der Waals surface area contributed by atoms with E-state index in [1.807, 2.05) is 0 Å². The van der Waals surface area contributed by atoms with E-state index in [1.54, 1.807) is 6.07 Å². The number of benzene rings is 1. The van der Waals surface area contributed by atoms with Crippen molar-refractivity contribution in [3.8, 4) is 11.5 Å². The smallest absolute Gasteiger partial charge is 0.243 e. The fourth-order valence-corrected chi connectivity index (χ4v) is 4.60. The molecule has 1 N–H and O–H groups in total. The summed E-state index contributed by atoms with van der Waals surface area (Å²) in [5.41, 5.74) is 0. The number of carbonyl (C=O) groups excluding carboxylic acids is 1. The predicted molar refractivity (Wildman–Crippen MR) is 87.6 cm³/mol. The van der Waals surface area contributed by atoms with Gasteiger partial charge >= 0.3 is 0 Å². The van der Waals surface area contributed by atoms with Gasteiger partial charge in [0, 0.05) is 18.7 Å². The standard InChI is InChI=1S/C16H22N2O5S/c1-22-14-8-7-12(10-15(14)23-2)24(20,21)18-9-3-4-13(18)16(19)17-11-5-6-11/h7-8,10-11,13H,3-6,9H2,1-2H3,(H,17,19). The second-order valence-corrected chi connectivity index (χ2v) is 7.96. The van der Waals surface area contributed by atoms with E-state index in [1.165, 1.54) is 30.7 Å². The zero-order valence-electron chi connectivity index (χ0n) is 13.8. The third-order valence-electron chi connectivity index (χ3n) is 4.39. The molecule has 1 amide bonds. The summed E-state index contributed by atoms with van der Waals surface area (Å²) in [5, 5.41) is 2.90. The van der Waals surface area contributed by atoms with E-state index >= 15 is 0 Å². The van der Waals surface area contributed by atoms with Gasteiger partial charge in [0.2, 0.25) is 15.9 Å². The first-order valence-electron chi connectivity index (χ1n) is 8.01. The molecule has 1 heterocycles. The minimum Gasteiger partial charge on any atom is -0.493 e. The number of ether oxygens (including phenoxy) is 2. The molecule has 7 nitrogen and oxygen atoms in total. The molecule has 1 unspecified atom stereocenters. The van der Waals surface area contributed by atoms with Crippen LogP contribution in [0.1, 0.15) is 25.7 Å². The summed E-state index contributed by atoms with van der Waals surface area (Å²) in [6, 6.07) is 4.04. The lowest BCUT2D eigenvalue weighted by atomic mass is 10.2. The number of methoxy groups -OCH3 is 2. The van der Waals surface area contributed by atoms with Crippen molar-refractivity contribution in [3.63, 3.8) is 0 Å². The molecule has 2 aliphatic rings. The Hall–Kier alpha value is -1.80. The van der Waals surface area contributed by atoms with Crippen molar-refractivity contribution >= 4 is 15.9 Å². The highest BCUT2D eigenvalue weighted by molar-refractivity contribution is 7.89. The lowest BCUT2D eigenvalue weighted by Crippen LogP contribution is -2.46. The van der Waals surface area contributed by atoms with Gasteiger partial charge in [-0.2, -0.15) is 4.31 Å². The quantitative estimate of drug-likeness (QED) is 0.828. The molecule has 0 spiro atoms. The maximum atomic E-state index is 13.0. The van der Waals surface area contributed by atoms with Crippen LogP contribution in [-0.4, -0.2) is 51.5 Å². The number of nitrogens with zero attached hydrogens (tertiary/aromatic N) is 1. The molecular formula is C16H22N2O5S. The topological polar surface area (TPSA) is 84.9 Å². The Morgan fingerprint density at radius 3 is 2.50 bits per heavy atom. The third kappa shape index (κ3) is 3.21. The SMILES string of the molecule is COc1ccc(S(=O)(=O)N2CCCC2C(=O)NC2CC2)cc1OC. The Kier molecular flexibility index (Phi) is 4.69. The first-order chi connectivity index (χ1) is 11.5. The molecule has 0 aromatic heterocycles. The second kappa shape index (κ2) is 6.60. The summed E-state index contributed by atoms with van der Waals surface area (Å²) in [6.07, 6.45) is 3.17. The first-order valence-corrected chi connectivity index (χ1v) is 9.45. The molecule has 0 bridgehead atoms. The lowest BCUT2D eigenvalue weighted by Gasteiger charge is -2.23. The Bertz CT molecular complexity index is 730. The summed E-state index contributed by atoms with van der Waals surface area (Å²) < 4.78 is 37.6. The Morgan fingerprint density at radius 2 is 1.88 bits per heavy atom. The van der Waals surface area contributed by atoms with Gasteiger partial charge in [-0.3, -0.25) is 4.79 Å². The fourth-order valence-electron chi connectivity index (χ4n) is 2.93. The van der Waals surface area contributed by atoms with Gasteiger partial charge < -0.3 is 14.8 Å². The van der Waals surface area contributed by atoms with Crippen LogP contribution in [-0.2, 0) is 14.8 Å². The van der Waals surface area contributed by atoms with Crippen molar-refractivity contribution in [1.29, 1.82) is 0 Å². The van der Waals surface area contributed by atoms with Gasteiger partial charge in [0.15, 0.2) is 11.5 Å². The number of hydrogen-bond donors (Lipinski definition) is 1. The van der Waals surface area contributed by atoms with Crippen LogP contribution in [0.15, 0.2) is 23.1 Å². The highest BCUT2D eigenvalue weighted by Crippen LogP contribution is 2.33. The first kappa shape index (κ1) is 17.0. The van der Waals surface area contributed by atoms with Crippen molar-refractivity contribution in [2.24, 2.45) is 0 Å². The highest BCUT2D eigenvalue weighted by atomic mass is 32.2. The molecule has 0 radical (unpaired) electrons. The van der Waals surface area contributed by atoms with Crippen molar-refractivity contribution < 1.29 is 22.7 Å². The van der Waals surface area contributed by atoms with E-state index in [4.69, 9.17) is 9.47 Å². The number of rotatable bonds is 6. The molecule has 3 rings (SSSR count). The van der Waals surface area contributed by atoms with Crippen LogP contribution in [0.4, 0.5) is 0 Å².